The second-order valence-corrected chi connectivity index (χ2v) is 3.60. The van der Waals surface area contributed by atoms with Crippen LogP contribution >= 0.6 is 0 Å². The van der Waals surface area contributed by atoms with Gasteiger partial charge in [0.1, 0.15) is 0 Å². The Morgan fingerprint density at radius 2 is 2.00 bits per heavy atom. The fourth-order valence-corrected chi connectivity index (χ4v) is 0.716. The van der Waals surface area contributed by atoms with Crippen LogP contribution in [0.2, 0.25) is 0 Å². The molecule has 0 fully saturated rings. The Morgan fingerprint density at radius 3 is 2.40 bits per heavy atom. The second kappa shape index (κ2) is 4.31. The molecule has 0 aromatic rings. The Balaban J connectivity index is 3.12. The first-order valence-electron chi connectivity index (χ1n) is 3.55. The molecule has 0 atom stereocenters. The summed E-state index contributed by atoms with van der Waals surface area (Å²) in [6.45, 7) is 8.40. The van der Waals surface area contributed by atoms with Crippen LogP contribution in [0.3, 0.4) is 0 Å². The second-order valence-electron chi connectivity index (χ2n) is 3.60. The van der Waals surface area contributed by atoms with Crippen LogP contribution in [0.15, 0.2) is 0 Å². The first kappa shape index (κ1) is 9.47. The van der Waals surface area contributed by atoms with E-state index in [2.05, 4.69) is 25.5 Å². The molecular weight excluding hydrogens is 128 g/mol. The molecule has 1 radical (unpaired) electrons. The molecule has 0 aromatic heterocycles. The number of rotatable bonds is 4. The Hall–Kier alpha value is -0.530. The van der Waals surface area contributed by atoms with Gasteiger partial charge in [0.15, 0.2) is 0 Å². The third kappa shape index (κ3) is 7.47. The number of hydrogen-bond donors (Lipinski definition) is 0. The van der Waals surface area contributed by atoms with Crippen LogP contribution in [0.25, 0.3) is 0 Å². The monoisotopic (exact) mass is 143 g/mol. The molecule has 0 saturated carbocycles. The Bertz CT molecular complexity index is 91.9. The number of hydrogen-bond acceptors (Lipinski definition) is 2. The zero-order valence-corrected chi connectivity index (χ0v) is 6.94. The summed E-state index contributed by atoms with van der Waals surface area (Å²) in [6.07, 6.45) is 2.01. The van der Waals surface area contributed by atoms with Crippen molar-refractivity contribution in [1.29, 1.82) is 0 Å². The minimum Gasteiger partial charge on any atom is -0.457 e. The van der Waals surface area contributed by atoms with Gasteiger partial charge in [-0.05, 0) is 18.3 Å². The van der Waals surface area contributed by atoms with Crippen LogP contribution in [0, 0.1) is 5.41 Å². The van der Waals surface area contributed by atoms with Gasteiger partial charge in [0.05, 0.1) is 6.61 Å². The van der Waals surface area contributed by atoms with Crippen LogP contribution < -0.4 is 0 Å². The van der Waals surface area contributed by atoms with Crippen molar-refractivity contribution in [3.8, 4) is 0 Å². The van der Waals surface area contributed by atoms with Gasteiger partial charge in [-0.15, -0.1) is 0 Å². The van der Waals surface area contributed by atoms with E-state index >= 15 is 0 Å². The average Bonchev–Trinajstić information content (AvgIpc) is 1.78. The molecule has 0 aliphatic carbocycles. The van der Waals surface area contributed by atoms with Crippen LogP contribution in [0.4, 0.5) is 0 Å². The zero-order valence-electron chi connectivity index (χ0n) is 6.94. The van der Waals surface area contributed by atoms with Gasteiger partial charge in [0, 0.05) is 0 Å². The summed E-state index contributed by atoms with van der Waals surface area (Å²) in [4.78, 5) is 9.58. The van der Waals surface area contributed by atoms with Gasteiger partial charge in [-0.25, -0.2) is 4.79 Å². The van der Waals surface area contributed by atoms with Gasteiger partial charge < -0.3 is 4.74 Å². The zero-order chi connectivity index (χ0) is 8.04. The maximum Gasteiger partial charge on any atom is 0.417 e. The maximum atomic E-state index is 9.58. The molecule has 0 aliphatic heterocycles. The third-order valence-electron chi connectivity index (χ3n) is 1.23. The van der Waals surface area contributed by atoms with Gasteiger partial charge in [-0.2, -0.15) is 0 Å². The van der Waals surface area contributed by atoms with E-state index < -0.39 is 0 Å². The minimum absolute atomic E-state index is 0.340. The van der Waals surface area contributed by atoms with E-state index in [4.69, 9.17) is 0 Å². The smallest absolute Gasteiger partial charge is 0.417 e. The Morgan fingerprint density at radius 1 is 1.40 bits per heavy atom. The lowest BCUT2D eigenvalue weighted by atomic mass is 9.91. The van der Waals surface area contributed by atoms with E-state index in [1.165, 1.54) is 6.47 Å². The van der Waals surface area contributed by atoms with Gasteiger partial charge in [0.2, 0.25) is 0 Å². The molecule has 0 rings (SSSR count). The predicted molar refractivity (Wildman–Crippen MR) is 40.3 cm³/mol. The molecule has 10 heavy (non-hydrogen) atoms. The van der Waals surface area contributed by atoms with E-state index in [1.807, 2.05) is 0 Å². The first-order valence-corrected chi connectivity index (χ1v) is 3.55. The van der Waals surface area contributed by atoms with Crippen molar-refractivity contribution in [2.24, 2.45) is 5.41 Å². The highest BCUT2D eigenvalue weighted by Gasteiger charge is 2.08. The van der Waals surface area contributed by atoms with Gasteiger partial charge in [-0.1, -0.05) is 20.8 Å². The maximum absolute atomic E-state index is 9.58. The fourth-order valence-electron chi connectivity index (χ4n) is 0.716. The normalized spacial score (nSPS) is 11.1. The molecule has 59 valence electrons. The van der Waals surface area contributed by atoms with Gasteiger partial charge in [-0.3, -0.25) is 0 Å². The molecule has 0 spiro atoms. The third-order valence-corrected chi connectivity index (χ3v) is 1.23. The van der Waals surface area contributed by atoms with E-state index in [9.17, 15) is 4.79 Å². The van der Waals surface area contributed by atoms with Gasteiger partial charge >= 0.3 is 6.47 Å². The summed E-state index contributed by atoms with van der Waals surface area (Å²) >= 11 is 0. The molecular formula is C8H15O2. The van der Waals surface area contributed by atoms with Crippen molar-refractivity contribution < 1.29 is 9.53 Å². The first-order chi connectivity index (χ1) is 4.56. The summed E-state index contributed by atoms with van der Waals surface area (Å²) in [6, 6.07) is 0. The van der Waals surface area contributed by atoms with Crippen LogP contribution in [0.1, 0.15) is 33.6 Å². The van der Waals surface area contributed by atoms with E-state index in [-0.39, 0.29) is 0 Å². The summed E-state index contributed by atoms with van der Waals surface area (Å²) in [5, 5.41) is 0. The molecule has 0 heterocycles. The predicted octanol–water partition coefficient (Wildman–Crippen LogP) is 1.90. The van der Waals surface area contributed by atoms with Crippen LogP contribution in [-0.2, 0) is 9.53 Å². The Kier molecular flexibility index (Phi) is 4.08. The molecule has 2 heteroatoms. The molecule has 0 bridgehead atoms. The van der Waals surface area contributed by atoms with E-state index in [0.29, 0.717) is 12.0 Å². The highest BCUT2D eigenvalue weighted by Crippen LogP contribution is 2.19. The average molecular weight is 143 g/mol. The lowest BCUT2D eigenvalue weighted by molar-refractivity contribution is 0.245. The molecule has 0 aliphatic rings. The summed E-state index contributed by atoms with van der Waals surface area (Å²) in [5.41, 5.74) is 0.340. The van der Waals surface area contributed by atoms with Crippen molar-refractivity contribution in [3.63, 3.8) is 0 Å². The van der Waals surface area contributed by atoms with Crippen molar-refractivity contribution >= 4 is 6.47 Å². The largest absolute Gasteiger partial charge is 0.457 e. The lowest BCUT2D eigenvalue weighted by Gasteiger charge is -2.16. The lowest BCUT2D eigenvalue weighted by Crippen LogP contribution is -2.06. The van der Waals surface area contributed by atoms with Crippen LogP contribution in [-0.4, -0.2) is 13.1 Å². The number of carbonyl (C=O) groups excluding carboxylic acids is 1. The molecule has 0 aromatic carbocycles. The topological polar surface area (TPSA) is 26.3 Å². The fraction of sp³-hybridized carbons (Fsp3) is 0.875. The molecule has 2 nitrogen and oxygen atoms in total. The minimum atomic E-state index is 0.340. The number of ether oxygens (including phenoxy) is 1. The van der Waals surface area contributed by atoms with Crippen LogP contribution in [0.5, 0.6) is 0 Å². The summed E-state index contributed by atoms with van der Waals surface area (Å²) in [5.74, 6) is 0. The standard InChI is InChI=1S/C8H15O2/c1-8(2,3)5-4-6-10-7-9/h4-6H2,1-3H3. The highest BCUT2D eigenvalue weighted by atomic mass is 16.5. The molecule has 0 saturated heterocycles. The molecule has 0 amide bonds. The van der Waals surface area contributed by atoms with Crippen molar-refractivity contribution in [3.05, 3.63) is 0 Å². The molecule has 0 N–H and O–H groups in total. The van der Waals surface area contributed by atoms with Gasteiger partial charge in [0.25, 0.3) is 0 Å². The summed E-state index contributed by atoms with van der Waals surface area (Å²) < 4.78 is 4.42. The van der Waals surface area contributed by atoms with Crippen molar-refractivity contribution in [1.82, 2.24) is 0 Å². The quantitative estimate of drug-likeness (QED) is 0.562. The summed E-state index contributed by atoms with van der Waals surface area (Å²) in [7, 11) is 0. The van der Waals surface area contributed by atoms with Crippen molar-refractivity contribution in [2.75, 3.05) is 6.61 Å². The van der Waals surface area contributed by atoms with E-state index in [1.54, 1.807) is 0 Å². The highest BCUT2D eigenvalue weighted by molar-refractivity contribution is 5.37. The molecule has 0 unspecified atom stereocenters. The SMILES string of the molecule is CC(C)(C)CCCO[C]=O. The van der Waals surface area contributed by atoms with Crippen molar-refractivity contribution in [2.45, 2.75) is 33.6 Å². The Labute approximate surface area is 62.6 Å². The van der Waals surface area contributed by atoms with E-state index in [0.717, 1.165) is 12.8 Å².